The lowest BCUT2D eigenvalue weighted by molar-refractivity contribution is -0.393. The Balaban J connectivity index is 2.33. The van der Waals surface area contributed by atoms with Gasteiger partial charge in [-0.1, -0.05) is 30.3 Å². The van der Waals surface area contributed by atoms with Crippen LogP contribution in [0.2, 0.25) is 0 Å². The van der Waals surface area contributed by atoms with Gasteiger partial charge < -0.3 is 4.74 Å². The molecule has 0 aliphatic carbocycles. The minimum absolute atomic E-state index is 0.112. The largest absolute Gasteiger partial charge is 0.474 e. The van der Waals surface area contributed by atoms with E-state index in [0.717, 1.165) is 18.2 Å². The van der Waals surface area contributed by atoms with E-state index >= 15 is 0 Å². The first kappa shape index (κ1) is 18.5. The third-order valence-corrected chi connectivity index (χ3v) is 3.18. The summed E-state index contributed by atoms with van der Waals surface area (Å²) in [4.78, 5) is 32.7. The molecule has 0 heterocycles. The van der Waals surface area contributed by atoms with Crippen molar-refractivity contribution in [3.63, 3.8) is 0 Å². The highest BCUT2D eigenvalue weighted by Crippen LogP contribution is 2.28. The van der Waals surface area contributed by atoms with E-state index in [1.54, 1.807) is 37.3 Å². The fourth-order valence-corrected chi connectivity index (χ4v) is 1.99. The highest BCUT2D eigenvalue weighted by molar-refractivity contribution is 6.43. The second-order valence-corrected chi connectivity index (χ2v) is 4.87. The maximum atomic E-state index is 12.4. The molecular formula is C16H14N4O6. The molecule has 0 aromatic heterocycles. The molecule has 2 aromatic carbocycles. The zero-order chi connectivity index (χ0) is 19.1. The number of non-ortho nitro benzene ring substituents is 1. The maximum Gasteiger partial charge on any atom is 0.301 e. The normalized spacial score (nSPS) is 10.9. The van der Waals surface area contributed by atoms with E-state index in [1.807, 2.05) is 0 Å². The summed E-state index contributed by atoms with van der Waals surface area (Å²) < 4.78 is 5.20. The van der Waals surface area contributed by atoms with Crippen molar-refractivity contribution < 1.29 is 19.4 Å². The van der Waals surface area contributed by atoms with Gasteiger partial charge >= 0.3 is 5.69 Å². The molecule has 1 N–H and O–H groups in total. The zero-order valence-electron chi connectivity index (χ0n) is 13.6. The van der Waals surface area contributed by atoms with Crippen LogP contribution in [-0.4, -0.2) is 28.1 Å². The van der Waals surface area contributed by atoms with Crippen molar-refractivity contribution in [2.45, 2.75) is 6.92 Å². The van der Waals surface area contributed by atoms with E-state index in [1.165, 1.54) is 0 Å². The minimum Gasteiger partial charge on any atom is -0.474 e. The first-order valence-corrected chi connectivity index (χ1v) is 7.43. The number of hydrogen-bond acceptors (Lipinski definition) is 8. The van der Waals surface area contributed by atoms with Gasteiger partial charge in [-0.15, -0.1) is 5.10 Å². The molecular weight excluding hydrogens is 344 g/mol. The van der Waals surface area contributed by atoms with Crippen LogP contribution in [0, 0.1) is 20.2 Å². The van der Waals surface area contributed by atoms with Crippen LogP contribution in [0.15, 0.2) is 53.6 Å². The highest BCUT2D eigenvalue weighted by atomic mass is 16.6. The Morgan fingerprint density at radius 3 is 2.38 bits per heavy atom. The SMILES string of the molecule is CCO/C(=N/Nc1ccc([N+](=O)[O-])cc1[N+](=O)[O-])C(=O)c1ccccc1. The van der Waals surface area contributed by atoms with Crippen LogP contribution < -0.4 is 5.43 Å². The molecule has 0 aliphatic rings. The van der Waals surface area contributed by atoms with E-state index < -0.39 is 27.0 Å². The predicted molar refractivity (Wildman–Crippen MR) is 93.2 cm³/mol. The van der Waals surface area contributed by atoms with Gasteiger partial charge in [0.05, 0.1) is 22.5 Å². The molecule has 0 aliphatic heterocycles. The zero-order valence-corrected chi connectivity index (χ0v) is 13.6. The van der Waals surface area contributed by atoms with E-state index in [9.17, 15) is 25.0 Å². The van der Waals surface area contributed by atoms with Crippen LogP contribution in [0.4, 0.5) is 17.1 Å². The molecule has 0 unspecified atom stereocenters. The molecule has 0 atom stereocenters. The van der Waals surface area contributed by atoms with Crippen LogP contribution in [0.1, 0.15) is 17.3 Å². The van der Waals surface area contributed by atoms with Gasteiger partial charge in [0.25, 0.3) is 11.6 Å². The molecule has 0 spiro atoms. The standard InChI is InChI=1S/C16H14N4O6/c1-2-26-16(15(21)11-6-4-3-5-7-11)18-17-13-9-8-12(19(22)23)10-14(13)20(24)25/h3-10,17H,2H2,1H3/b18-16+. The lowest BCUT2D eigenvalue weighted by Crippen LogP contribution is -2.19. The van der Waals surface area contributed by atoms with Crippen molar-refractivity contribution in [1.82, 2.24) is 0 Å². The van der Waals surface area contributed by atoms with Crippen molar-refractivity contribution in [3.05, 3.63) is 74.3 Å². The lowest BCUT2D eigenvalue weighted by Gasteiger charge is -2.08. The van der Waals surface area contributed by atoms with Crippen molar-refractivity contribution in [1.29, 1.82) is 0 Å². The van der Waals surface area contributed by atoms with Gasteiger partial charge in [-0.2, -0.15) is 0 Å². The van der Waals surface area contributed by atoms with Crippen molar-refractivity contribution in [3.8, 4) is 0 Å². The number of Topliss-reactive ketones (excluding diaryl/α,β-unsaturated/α-hetero) is 1. The summed E-state index contributed by atoms with van der Waals surface area (Å²) in [5.74, 6) is -0.795. The van der Waals surface area contributed by atoms with Crippen molar-refractivity contribution in [2.75, 3.05) is 12.0 Å². The maximum absolute atomic E-state index is 12.4. The molecule has 10 heteroatoms. The number of hydrogen-bond donors (Lipinski definition) is 1. The third-order valence-electron chi connectivity index (χ3n) is 3.18. The van der Waals surface area contributed by atoms with Crippen LogP contribution in [0.3, 0.4) is 0 Å². The first-order chi connectivity index (χ1) is 12.4. The number of anilines is 1. The lowest BCUT2D eigenvalue weighted by atomic mass is 10.1. The minimum atomic E-state index is -0.787. The van der Waals surface area contributed by atoms with Gasteiger partial charge in [-0.25, -0.2) is 0 Å². The predicted octanol–water partition coefficient (Wildman–Crippen LogP) is 3.15. The number of rotatable bonds is 7. The van der Waals surface area contributed by atoms with E-state index in [2.05, 4.69) is 10.5 Å². The van der Waals surface area contributed by atoms with Crippen LogP contribution >= 0.6 is 0 Å². The summed E-state index contributed by atoms with van der Waals surface area (Å²) in [7, 11) is 0. The van der Waals surface area contributed by atoms with Crippen LogP contribution in [0.25, 0.3) is 0 Å². The molecule has 26 heavy (non-hydrogen) atoms. The smallest absolute Gasteiger partial charge is 0.301 e. The van der Waals surface area contributed by atoms with Gasteiger partial charge in [0.15, 0.2) is 0 Å². The Labute approximate surface area is 147 Å². The topological polar surface area (TPSA) is 137 Å². The third kappa shape index (κ3) is 4.38. The number of ketones is 1. The van der Waals surface area contributed by atoms with Gasteiger partial charge in [0.1, 0.15) is 5.69 Å². The summed E-state index contributed by atoms with van der Waals surface area (Å²) in [6.45, 7) is 1.81. The van der Waals surface area contributed by atoms with Gasteiger partial charge in [0, 0.05) is 11.6 Å². The monoisotopic (exact) mass is 358 g/mol. The molecule has 2 aromatic rings. The van der Waals surface area contributed by atoms with Crippen molar-refractivity contribution >= 4 is 28.7 Å². The number of nitro benzene ring substituents is 2. The fraction of sp³-hybridized carbons (Fsp3) is 0.125. The molecule has 0 amide bonds. The Morgan fingerprint density at radius 2 is 1.81 bits per heavy atom. The summed E-state index contributed by atoms with van der Waals surface area (Å²) >= 11 is 0. The number of carbonyl (C=O) groups excluding carboxylic acids is 1. The Morgan fingerprint density at radius 1 is 1.12 bits per heavy atom. The van der Waals surface area contributed by atoms with Gasteiger partial charge in [-0.3, -0.25) is 30.4 Å². The van der Waals surface area contributed by atoms with E-state index in [0.29, 0.717) is 5.56 Å². The number of hydrazone groups is 1. The summed E-state index contributed by atoms with van der Waals surface area (Å²) in [5.41, 5.74) is 1.61. The quantitative estimate of drug-likeness (QED) is 0.264. The summed E-state index contributed by atoms with van der Waals surface area (Å²) in [6.07, 6.45) is 0. The number of nitrogens with one attached hydrogen (secondary N) is 1. The molecule has 2 rings (SSSR count). The fourth-order valence-electron chi connectivity index (χ4n) is 1.99. The van der Waals surface area contributed by atoms with Crippen LogP contribution in [0.5, 0.6) is 0 Å². The average Bonchev–Trinajstić information content (AvgIpc) is 2.65. The number of ether oxygens (including phenoxy) is 1. The Kier molecular flexibility index (Phi) is 5.93. The molecule has 0 saturated carbocycles. The molecule has 0 radical (unpaired) electrons. The van der Waals surface area contributed by atoms with Crippen LogP contribution in [-0.2, 0) is 4.74 Å². The van der Waals surface area contributed by atoms with Gasteiger partial charge in [-0.05, 0) is 13.0 Å². The Bertz CT molecular complexity index is 866. The molecule has 10 nitrogen and oxygen atoms in total. The van der Waals surface area contributed by atoms with E-state index in [4.69, 9.17) is 4.74 Å². The molecule has 0 bridgehead atoms. The number of carbonyl (C=O) groups is 1. The van der Waals surface area contributed by atoms with Crippen molar-refractivity contribution in [2.24, 2.45) is 5.10 Å². The average molecular weight is 358 g/mol. The van der Waals surface area contributed by atoms with E-state index in [-0.39, 0.29) is 18.2 Å². The summed E-state index contributed by atoms with van der Waals surface area (Å²) in [6, 6.07) is 11.3. The number of nitrogens with zero attached hydrogens (tertiary/aromatic N) is 3. The van der Waals surface area contributed by atoms with Gasteiger partial charge in [0.2, 0.25) is 5.78 Å². The first-order valence-electron chi connectivity index (χ1n) is 7.43. The number of nitro groups is 2. The number of benzene rings is 2. The highest BCUT2D eigenvalue weighted by Gasteiger charge is 2.21. The molecule has 0 saturated heterocycles. The summed E-state index contributed by atoms with van der Waals surface area (Å²) in [5, 5.41) is 25.7. The second-order valence-electron chi connectivity index (χ2n) is 4.87. The molecule has 0 fully saturated rings. The molecule has 134 valence electrons. The second kappa shape index (κ2) is 8.33. The Hall–Kier alpha value is -3.82.